The minimum atomic E-state index is -0.259. The molecule has 0 saturated carbocycles. The summed E-state index contributed by atoms with van der Waals surface area (Å²) in [6.07, 6.45) is 3.11. The van der Waals surface area contributed by atoms with Crippen molar-refractivity contribution >= 4 is 11.1 Å². The number of aromatic nitrogens is 1. The minimum absolute atomic E-state index is 0.115. The summed E-state index contributed by atoms with van der Waals surface area (Å²) in [5, 5.41) is 0. The zero-order chi connectivity index (χ0) is 12.6. The first-order valence-corrected chi connectivity index (χ1v) is 6.40. The standard InChI is InChI=1S/C14H17NO3/c1-14(10-17-14)8-4-5-9-15-11-6-2-3-7-12(11)18-13(15)16/h2-3,6-7H,4-5,8-10H2,1H3. The molecule has 1 aliphatic heterocycles. The number of epoxide rings is 1. The molecule has 0 bridgehead atoms. The fraction of sp³-hybridized carbons (Fsp3) is 0.500. The van der Waals surface area contributed by atoms with Crippen LogP contribution in [-0.2, 0) is 11.3 Å². The highest BCUT2D eigenvalue weighted by atomic mass is 16.6. The Morgan fingerprint density at radius 3 is 2.89 bits per heavy atom. The molecule has 4 heteroatoms. The number of oxazole rings is 1. The third kappa shape index (κ3) is 2.20. The second kappa shape index (κ2) is 4.28. The molecule has 0 spiro atoms. The maximum Gasteiger partial charge on any atom is 0.419 e. The van der Waals surface area contributed by atoms with E-state index in [0.717, 1.165) is 31.4 Å². The second-order valence-corrected chi connectivity index (χ2v) is 5.18. The topological polar surface area (TPSA) is 47.7 Å². The van der Waals surface area contributed by atoms with Gasteiger partial charge < -0.3 is 9.15 Å². The van der Waals surface area contributed by atoms with Crippen molar-refractivity contribution in [2.45, 2.75) is 38.3 Å². The normalized spacial score (nSPS) is 22.5. The smallest absolute Gasteiger partial charge is 0.408 e. The molecule has 0 aliphatic carbocycles. The van der Waals surface area contributed by atoms with E-state index in [4.69, 9.17) is 9.15 Å². The Labute approximate surface area is 105 Å². The predicted molar refractivity (Wildman–Crippen MR) is 68.7 cm³/mol. The Hall–Kier alpha value is -1.55. The molecular formula is C14H17NO3. The van der Waals surface area contributed by atoms with Gasteiger partial charge in [-0.25, -0.2) is 4.79 Å². The number of aryl methyl sites for hydroxylation is 1. The minimum Gasteiger partial charge on any atom is -0.408 e. The molecule has 1 atom stereocenters. The fourth-order valence-electron chi connectivity index (χ4n) is 2.26. The maximum absolute atomic E-state index is 11.7. The van der Waals surface area contributed by atoms with E-state index >= 15 is 0 Å². The van der Waals surface area contributed by atoms with E-state index in [-0.39, 0.29) is 11.4 Å². The average molecular weight is 247 g/mol. The lowest BCUT2D eigenvalue weighted by Crippen LogP contribution is -2.14. The van der Waals surface area contributed by atoms with Gasteiger partial charge in [0.1, 0.15) is 0 Å². The Morgan fingerprint density at radius 2 is 2.11 bits per heavy atom. The van der Waals surface area contributed by atoms with Crippen LogP contribution in [0, 0.1) is 0 Å². The van der Waals surface area contributed by atoms with Crippen molar-refractivity contribution in [3.05, 3.63) is 34.8 Å². The van der Waals surface area contributed by atoms with Crippen molar-refractivity contribution < 1.29 is 9.15 Å². The molecule has 0 N–H and O–H groups in total. The van der Waals surface area contributed by atoms with E-state index < -0.39 is 0 Å². The number of hydrogen-bond donors (Lipinski definition) is 0. The molecule has 96 valence electrons. The highest BCUT2D eigenvalue weighted by Gasteiger charge is 2.37. The van der Waals surface area contributed by atoms with Crippen LogP contribution in [0.1, 0.15) is 26.2 Å². The van der Waals surface area contributed by atoms with Crippen LogP contribution in [0.2, 0.25) is 0 Å². The van der Waals surface area contributed by atoms with Crippen LogP contribution in [0.25, 0.3) is 11.1 Å². The number of rotatable bonds is 5. The van der Waals surface area contributed by atoms with E-state index in [9.17, 15) is 4.79 Å². The first kappa shape index (κ1) is 11.5. The van der Waals surface area contributed by atoms with Gasteiger partial charge in [0, 0.05) is 6.54 Å². The molecular weight excluding hydrogens is 230 g/mol. The van der Waals surface area contributed by atoms with Crippen LogP contribution in [0.15, 0.2) is 33.5 Å². The van der Waals surface area contributed by atoms with E-state index in [1.165, 1.54) is 0 Å². The number of ether oxygens (including phenoxy) is 1. The Morgan fingerprint density at radius 1 is 1.33 bits per heavy atom. The molecule has 0 amide bonds. The molecule has 1 fully saturated rings. The molecule has 1 saturated heterocycles. The highest BCUT2D eigenvalue weighted by molar-refractivity contribution is 5.72. The van der Waals surface area contributed by atoms with Crippen molar-refractivity contribution in [3.63, 3.8) is 0 Å². The molecule has 2 aromatic rings. The Kier molecular flexibility index (Phi) is 2.74. The average Bonchev–Trinajstić information content (AvgIpc) is 3.00. The van der Waals surface area contributed by atoms with Crippen molar-refractivity contribution in [1.29, 1.82) is 0 Å². The summed E-state index contributed by atoms with van der Waals surface area (Å²) < 4.78 is 12.2. The monoisotopic (exact) mass is 247 g/mol. The maximum atomic E-state index is 11.7. The lowest BCUT2D eigenvalue weighted by molar-refractivity contribution is 0.300. The van der Waals surface area contributed by atoms with Gasteiger partial charge in [-0.05, 0) is 38.3 Å². The quantitative estimate of drug-likeness (QED) is 0.602. The zero-order valence-corrected chi connectivity index (χ0v) is 10.5. The molecule has 0 radical (unpaired) electrons. The number of hydrogen-bond acceptors (Lipinski definition) is 3. The first-order valence-electron chi connectivity index (χ1n) is 6.40. The van der Waals surface area contributed by atoms with Crippen LogP contribution in [0.4, 0.5) is 0 Å². The van der Waals surface area contributed by atoms with Gasteiger partial charge in [-0.3, -0.25) is 4.57 Å². The molecule has 3 rings (SSSR count). The van der Waals surface area contributed by atoms with E-state index in [1.807, 2.05) is 24.3 Å². The number of fused-ring (bicyclic) bond motifs is 1. The number of para-hydroxylation sites is 2. The van der Waals surface area contributed by atoms with Crippen LogP contribution in [-0.4, -0.2) is 16.8 Å². The summed E-state index contributed by atoms with van der Waals surface area (Å²) in [5.74, 6) is -0.259. The third-order valence-electron chi connectivity index (χ3n) is 3.55. The number of nitrogens with zero attached hydrogens (tertiary/aromatic N) is 1. The van der Waals surface area contributed by atoms with Crippen LogP contribution >= 0.6 is 0 Å². The third-order valence-corrected chi connectivity index (χ3v) is 3.55. The fourth-order valence-corrected chi connectivity index (χ4v) is 2.26. The van der Waals surface area contributed by atoms with E-state index in [0.29, 0.717) is 12.1 Å². The van der Waals surface area contributed by atoms with Crippen molar-refractivity contribution in [3.8, 4) is 0 Å². The van der Waals surface area contributed by atoms with Crippen LogP contribution in [0.3, 0.4) is 0 Å². The molecule has 1 aliphatic rings. The summed E-state index contributed by atoms with van der Waals surface area (Å²) in [6.45, 7) is 3.72. The molecule has 1 unspecified atom stereocenters. The lowest BCUT2D eigenvalue weighted by Gasteiger charge is -2.05. The lowest BCUT2D eigenvalue weighted by atomic mass is 10.1. The van der Waals surface area contributed by atoms with E-state index in [1.54, 1.807) is 4.57 Å². The van der Waals surface area contributed by atoms with Gasteiger partial charge in [0.2, 0.25) is 0 Å². The van der Waals surface area contributed by atoms with Gasteiger partial charge in [0.05, 0.1) is 17.7 Å². The second-order valence-electron chi connectivity index (χ2n) is 5.18. The van der Waals surface area contributed by atoms with Gasteiger partial charge in [-0.1, -0.05) is 12.1 Å². The zero-order valence-electron chi connectivity index (χ0n) is 10.5. The Bertz CT molecular complexity index is 607. The van der Waals surface area contributed by atoms with E-state index in [2.05, 4.69) is 6.92 Å². The SMILES string of the molecule is CC1(CCCCn2c(=O)oc3ccccc32)CO1. The number of benzene rings is 1. The first-order chi connectivity index (χ1) is 8.68. The Balaban J connectivity index is 1.66. The molecule has 18 heavy (non-hydrogen) atoms. The summed E-state index contributed by atoms with van der Waals surface area (Å²) in [5.41, 5.74) is 1.67. The van der Waals surface area contributed by atoms with Gasteiger partial charge >= 0.3 is 5.76 Å². The number of unbranched alkanes of at least 4 members (excludes halogenated alkanes) is 1. The van der Waals surface area contributed by atoms with Crippen molar-refractivity contribution in [1.82, 2.24) is 4.57 Å². The molecule has 2 heterocycles. The van der Waals surface area contributed by atoms with Crippen molar-refractivity contribution in [2.75, 3.05) is 6.61 Å². The van der Waals surface area contributed by atoms with Gasteiger partial charge in [-0.15, -0.1) is 0 Å². The molecule has 4 nitrogen and oxygen atoms in total. The summed E-state index contributed by atoms with van der Waals surface area (Å²) in [4.78, 5) is 11.7. The largest absolute Gasteiger partial charge is 0.419 e. The summed E-state index contributed by atoms with van der Waals surface area (Å²) in [7, 11) is 0. The van der Waals surface area contributed by atoms with Gasteiger partial charge in [-0.2, -0.15) is 0 Å². The van der Waals surface area contributed by atoms with Crippen molar-refractivity contribution in [2.24, 2.45) is 0 Å². The summed E-state index contributed by atoms with van der Waals surface area (Å²) in [6, 6.07) is 7.55. The highest BCUT2D eigenvalue weighted by Crippen LogP contribution is 2.31. The van der Waals surface area contributed by atoms with Gasteiger partial charge in [0.25, 0.3) is 0 Å². The van der Waals surface area contributed by atoms with Crippen LogP contribution in [0.5, 0.6) is 0 Å². The predicted octanol–water partition coefficient (Wildman–Crippen LogP) is 2.55. The van der Waals surface area contributed by atoms with Crippen LogP contribution < -0.4 is 5.76 Å². The summed E-state index contributed by atoms with van der Waals surface area (Å²) >= 11 is 0. The molecule has 1 aromatic carbocycles. The molecule has 1 aromatic heterocycles. The van der Waals surface area contributed by atoms with Gasteiger partial charge in [0.15, 0.2) is 5.58 Å².